The maximum atomic E-state index is 5.71. The van der Waals surface area contributed by atoms with Gasteiger partial charge in [0.1, 0.15) is 0 Å². The first kappa shape index (κ1) is 9.35. The third-order valence-electron chi connectivity index (χ3n) is 4.59. The summed E-state index contributed by atoms with van der Waals surface area (Å²) in [5.74, 6) is 11.5. The van der Waals surface area contributed by atoms with Gasteiger partial charge in [0, 0.05) is 5.41 Å². The number of rotatable bonds is 0. The molecule has 3 aliphatic carbocycles. The van der Waals surface area contributed by atoms with Gasteiger partial charge in [-0.15, -0.1) is 6.42 Å². The third kappa shape index (κ3) is 0.833. The third-order valence-corrected chi connectivity index (χ3v) is 4.59. The lowest BCUT2D eigenvalue weighted by molar-refractivity contribution is 0.282. The Labute approximate surface area is 92.8 Å². The zero-order chi connectivity index (χ0) is 10.9. The van der Waals surface area contributed by atoms with E-state index in [1.54, 1.807) is 0 Å². The molecule has 0 N–H and O–H groups in total. The van der Waals surface area contributed by atoms with E-state index in [1.165, 1.54) is 19.3 Å². The van der Waals surface area contributed by atoms with Gasteiger partial charge >= 0.3 is 0 Å². The van der Waals surface area contributed by atoms with Crippen LogP contribution in [0.4, 0.5) is 0 Å². The Morgan fingerprint density at radius 1 is 1.13 bits per heavy atom. The molecule has 0 saturated heterocycles. The molecule has 78 valence electrons. The Balaban J connectivity index is 1.91. The second-order valence-corrected chi connectivity index (χ2v) is 6.42. The van der Waals surface area contributed by atoms with Crippen molar-refractivity contribution in [1.29, 1.82) is 0 Å². The molecule has 3 aliphatic rings. The Morgan fingerprint density at radius 2 is 1.73 bits per heavy atom. The normalized spacial score (nSPS) is 49.5. The van der Waals surface area contributed by atoms with Crippen LogP contribution < -0.4 is 0 Å². The lowest BCUT2D eigenvalue weighted by Crippen LogP contribution is -2.18. The highest BCUT2D eigenvalue weighted by Gasteiger charge is 2.97. The molecule has 0 heterocycles. The van der Waals surface area contributed by atoms with Crippen LogP contribution in [0.1, 0.15) is 40.0 Å². The summed E-state index contributed by atoms with van der Waals surface area (Å²) in [6.07, 6.45) is 9.72. The minimum atomic E-state index is 0.120. The predicted molar refractivity (Wildman–Crippen MR) is 61.8 cm³/mol. The van der Waals surface area contributed by atoms with Crippen molar-refractivity contribution in [1.82, 2.24) is 0 Å². The summed E-state index contributed by atoms with van der Waals surface area (Å²) in [6, 6.07) is 0. The van der Waals surface area contributed by atoms with E-state index in [1.807, 2.05) is 0 Å². The fourth-order valence-corrected chi connectivity index (χ4v) is 3.92. The van der Waals surface area contributed by atoms with Gasteiger partial charge in [0.05, 0.1) is 10.8 Å². The van der Waals surface area contributed by atoms with Gasteiger partial charge in [-0.2, -0.15) is 0 Å². The SMILES string of the molecule is C#CC12C3CCCC1C32C#CC(C)(C)C. The van der Waals surface area contributed by atoms with Crippen molar-refractivity contribution >= 4 is 0 Å². The van der Waals surface area contributed by atoms with Crippen molar-refractivity contribution in [2.24, 2.45) is 28.1 Å². The largest absolute Gasteiger partial charge is 0.119 e. The van der Waals surface area contributed by atoms with Crippen LogP contribution in [-0.4, -0.2) is 0 Å². The standard InChI is InChI=1S/C15H18/c1-5-14-11-7-6-8-12(14)15(11,14)10-9-13(2,3)4/h1,11-12H,6-8H2,2-4H3. The van der Waals surface area contributed by atoms with Crippen LogP contribution in [-0.2, 0) is 0 Å². The van der Waals surface area contributed by atoms with Gasteiger partial charge in [-0.25, -0.2) is 0 Å². The molecule has 3 rings (SSSR count). The first-order valence-electron chi connectivity index (χ1n) is 6.01. The second-order valence-electron chi connectivity index (χ2n) is 6.42. The van der Waals surface area contributed by atoms with Gasteiger partial charge in [0.2, 0.25) is 0 Å². The quantitative estimate of drug-likeness (QED) is 0.525. The van der Waals surface area contributed by atoms with E-state index >= 15 is 0 Å². The van der Waals surface area contributed by atoms with Crippen molar-refractivity contribution in [3.05, 3.63) is 0 Å². The fourth-order valence-electron chi connectivity index (χ4n) is 3.92. The molecule has 0 aliphatic heterocycles. The molecule has 0 aromatic carbocycles. The summed E-state index contributed by atoms with van der Waals surface area (Å²) in [7, 11) is 0. The van der Waals surface area contributed by atoms with E-state index in [4.69, 9.17) is 6.42 Å². The molecule has 0 amide bonds. The highest BCUT2D eigenvalue weighted by molar-refractivity contribution is 5.59. The molecule has 0 nitrogen and oxygen atoms in total. The number of hydrogen-bond donors (Lipinski definition) is 0. The molecule has 0 heteroatoms. The molecule has 15 heavy (non-hydrogen) atoms. The average molecular weight is 198 g/mol. The van der Waals surface area contributed by atoms with Gasteiger partial charge in [-0.05, 0) is 45.4 Å². The van der Waals surface area contributed by atoms with Crippen LogP contribution in [0.2, 0.25) is 0 Å². The minimum Gasteiger partial charge on any atom is -0.119 e. The molecule has 0 bridgehead atoms. The van der Waals surface area contributed by atoms with E-state index in [-0.39, 0.29) is 16.2 Å². The molecule has 2 unspecified atom stereocenters. The average Bonchev–Trinajstić information content (AvgIpc) is 3.00. The van der Waals surface area contributed by atoms with E-state index in [2.05, 4.69) is 38.5 Å². The van der Waals surface area contributed by atoms with Crippen molar-refractivity contribution < 1.29 is 0 Å². The molecule has 3 saturated carbocycles. The van der Waals surface area contributed by atoms with Crippen LogP contribution in [0.25, 0.3) is 0 Å². The summed E-state index contributed by atoms with van der Waals surface area (Å²) in [5, 5.41) is 0. The minimum absolute atomic E-state index is 0.120. The number of fused-ring (bicyclic) bond motifs is 2. The van der Waals surface area contributed by atoms with Crippen LogP contribution in [0.5, 0.6) is 0 Å². The number of terminal acetylenes is 1. The highest BCUT2D eigenvalue weighted by Crippen LogP contribution is 2.97. The molecule has 2 atom stereocenters. The van der Waals surface area contributed by atoms with Crippen LogP contribution in [0.3, 0.4) is 0 Å². The van der Waals surface area contributed by atoms with Crippen LogP contribution >= 0.6 is 0 Å². The Kier molecular flexibility index (Phi) is 1.42. The molecular formula is C15H18. The van der Waals surface area contributed by atoms with Gasteiger partial charge in [-0.1, -0.05) is 24.2 Å². The van der Waals surface area contributed by atoms with Gasteiger partial charge in [0.15, 0.2) is 0 Å². The summed E-state index contributed by atoms with van der Waals surface area (Å²) >= 11 is 0. The Hall–Kier alpha value is -0.880. The zero-order valence-electron chi connectivity index (χ0n) is 9.85. The number of hydrogen-bond acceptors (Lipinski definition) is 0. The van der Waals surface area contributed by atoms with Crippen molar-refractivity contribution in [2.45, 2.75) is 40.0 Å². The van der Waals surface area contributed by atoms with E-state index in [9.17, 15) is 0 Å². The van der Waals surface area contributed by atoms with Crippen molar-refractivity contribution in [3.63, 3.8) is 0 Å². The topological polar surface area (TPSA) is 0 Å². The Bertz CT molecular complexity index is 404. The van der Waals surface area contributed by atoms with E-state index in [0.717, 1.165) is 11.8 Å². The molecule has 0 spiro atoms. The molecular weight excluding hydrogens is 180 g/mol. The maximum absolute atomic E-state index is 5.71. The Morgan fingerprint density at radius 3 is 2.13 bits per heavy atom. The van der Waals surface area contributed by atoms with E-state index in [0.29, 0.717) is 0 Å². The molecule has 0 aromatic heterocycles. The molecule has 3 fully saturated rings. The summed E-state index contributed by atoms with van der Waals surface area (Å²) in [4.78, 5) is 0. The zero-order valence-corrected chi connectivity index (χ0v) is 9.85. The van der Waals surface area contributed by atoms with Gasteiger partial charge < -0.3 is 0 Å². The first-order valence-corrected chi connectivity index (χ1v) is 6.01. The van der Waals surface area contributed by atoms with Gasteiger partial charge in [-0.3, -0.25) is 0 Å². The highest BCUT2D eigenvalue weighted by atomic mass is 15.0. The lowest BCUT2D eigenvalue weighted by Gasteiger charge is -2.24. The fraction of sp³-hybridized carbons (Fsp3) is 0.733. The lowest BCUT2D eigenvalue weighted by atomic mass is 9.79. The summed E-state index contributed by atoms with van der Waals surface area (Å²) in [5.41, 5.74) is 0.644. The van der Waals surface area contributed by atoms with Crippen LogP contribution in [0, 0.1) is 52.3 Å². The summed E-state index contributed by atoms with van der Waals surface area (Å²) in [6.45, 7) is 6.53. The van der Waals surface area contributed by atoms with E-state index < -0.39 is 0 Å². The predicted octanol–water partition coefficient (Wildman–Crippen LogP) is 3.09. The van der Waals surface area contributed by atoms with Crippen LogP contribution in [0.15, 0.2) is 0 Å². The molecule has 0 aromatic rings. The smallest absolute Gasteiger partial charge is 0.0572 e. The maximum Gasteiger partial charge on any atom is 0.0572 e. The van der Waals surface area contributed by atoms with Crippen molar-refractivity contribution in [3.8, 4) is 24.2 Å². The summed E-state index contributed by atoms with van der Waals surface area (Å²) < 4.78 is 0. The van der Waals surface area contributed by atoms with Crippen molar-refractivity contribution in [2.75, 3.05) is 0 Å². The first-order chi connectivity index (χ1) is 6.99. The second kappa shape index (κ2) is 2.27. The molecule has 0 radical (unpaired) electrons. The monoisotopic (exact) mass is 198 g/mol. The van der Waals surface area contributed by atoms with Gasteiger partial charge in [0.25, 0.3) is 0 Å².